The van der Waals surface area contributed by atoms with Crippen LogP contribution in [0.2, 0.25) is 0 Å². The maximum Gasteiger partial charge on any atom is 0.331 e. The zero-order valence-corrected chi connectivity index (χ0v) is 16.4. The van der Waals surface area contributed by atoms with Gasteiger partial charge >= 0.3 is 5.97 Å². The van der Waals surface area contributed by atoms with Crippen molar-refractivity contribution < 1.29 is 28.6 Å². The van der Waals surface area contributed by atoms with E-state index in [1.54, 1.807) is 24.3 Å². The van der Waals surface area contributed by atoms with Crippen LogP contribution in [0.4, 0.5) is 5.69 Å². The predicted molar refractivity (Wildman–Crippen MR) is 110 cm³/mol. The van der Waals surface area contributed by atoms with Crippen molar-refractivity contribution in [2.45, 2.75) is 19.4 Å². The molecule has 1 atom stereocenters. The monoisotopic (exact) mass is 410 g/mol. The van der Waals surface area contributed by atoms with Gasteiger partial charge in [-0.2, -0.15) is 0 Å². The lowest BCUT2D eigenvalue weighted by molar-refractivity contribution is -0.148. The quantitative estimate of drug-likeness (QED) is 0.558. The molecule has 8 nitrogen and oxygen atoms in total. The summed E-state index contributed by atoms with van der Waals surface area (Å²) in [6.45, 7) is 2.64. The average molecular weight is 410 g/mol. The molecule has 2 amide bonds. The SMILES string of the molecule is C[C@@H](OC(=O)/C=C/c1ccc2c(c1)OCCCO2)C(=O)Nc1ccc(C(N)=O)cc1. The van der Waals surface area contributed by atoms with E-state index >= 15 is 0 Å². The van der Waals surface area contributed by atoms with E-state index in [1.165, 1.54) is 37.3 Å². The smallest absolute Gasteiger partial charge is 0.331 e. The van der Waals surface area contributed by atoms with Crippen molar-refractivity contribution in [2.75, 3.05) is 18.5 Å². The number of amides is 2. The van der Waals surface area contributed by atoms with E-state index in [4.69, 9.17) is 19.9 Å². The predicted octanol–water partition coefficient (Wildman–Crippen LogP) is 2.53. The first-order valence-corrected chi connectivity index (χ1v) is 9.41. The second kappa shape index (κ2) is 9.60. The molecule has 3 rings (SSSR count). The summed E-state index contributed by atoms with van der Waals surface area (Å²) < 4.78 is 16.3. The number of carbonyl (C=O) groups excluding carboxylic acids is 3. The molecule has 1 aliphatic heterocycles. The van der Waals surface area contributed by atoms with Crippen LogP contribution in [0, 0.1) is 0 Å². The minimum Gasteiger partial charge on any atom is -0.490 e. The summed E-state index contributed by atoms with van der Waals surface area (Å²) >= 11 is 0. The highest BCUT2D eigenvalue weighted by Gasteiger charge is 2.17. The van der Waals surface area contributed by atoms with Crippen LogP contribution in [-0.4, -0.2) is 37.1 Å². The van der Waals surface area contributed by atoms with Crippen LogP contribution in [0.3, 0.4) is 0 Å². The fourth-order valence-corrected chi connectivity index (χ4v) is 2.68. The molecular weight excluding hydrogens is 388 g/mol. The Kier molecular flexibility index (Phi) is 6.69. The molecule has 0 fully saturated rings. The van der Waals surface area contributed by atoms with Gasteiger partial charge in [0.2, 0.25) is 5.91 Å². The Balaban J connectivity index is 1.54. The lowest BCUT2D eigenvalue weighted by Crippen LogP contribution is -2.29. The Morgan fingerprint density at radius 3 is 2.47 bits per heavy atom. The summed E-state index contributed by atoms with van der Waals surface area (Å²) in [6.07, 6.45) is 2.61. The van der Waals surface area contributed by atoms with E-state index in [1.807, 2.05) is 0 Å². The van der Waals surface area contributed by atoms with Gasteiger partial charge < -0.3 is 25.3 Å². The van der Waals surface area contributed by atoms with Crippen LogP contribution in [-0.2, 0) is 14.3 Å². The summed E-state index contributed by atoms with van der Waals surface area (Å²) in [5.74, 6) is -0.428. The third-order valence-electron chi connectivity index (χ3n) is 4.28. The molecule has 156 valence electrons. The molecule has 0 saturated heterocycles. The maximum atomic E-state index is 12.2. The van der Waals surface area contributed by atoms with Crippen molar-refractivity contribution in [3.05, 3.63) is 59.7 Å². The lowest BCUT2D eigenvalue weighted by Gasteiger charge is -2.12. The summed E-state index contributed by atoms with van der Waals surface area (Å²) in [6, 6.07) is 11.4. The molecule has 30 heavy (non-hydrogen) atoms. The van der Waals surface area contributed by atoms with E-state index in [2.05, 4.69) is 5.32 Å². The number of ether oxygens (including phenoxy) is 3. The molecule has 8 heteroatoms. The third-order valence-corrected chi connectivity index (χ3v) is 4.28. The van der Waals surface area contributed by atoms with Crippen LogP contribution >= 0.6 is 0 Å². The minimum absolute atomic E-state index is 0.326. The molecule has 0 unspecified atom stereocenters. The number of nitrogens with one attached hydrogen (secondary N) is 1. The first-order chi connectivity index (χ1) is 14.4. The van der Waals surface area contributed by atoms with Crippen molar-refractivity contribution >= 4 is 29.5 Å². The van der Waals surface area contributed by atoms with Crippen LogP contribution in [0.15, 0.2) is 48.5 Å². The zero-order chi connectivity index (χ0) is 21.5. The Bertz CT molecular complexity index is 968. The van der Waals surface area contributed by atoms with Gasteiger partial charge in [-0.25, -0.2) is 4.79 Å². The van der Waals surface area contributed by atoms with E-state index in [0.29, 0.717) is 36.0 Å². The number of esters is 1. The number of hydrogen-bond donors (Lipinski definition) is 2. The normalized spacial score (nSPS) is 13.9. The molecule has 0 bridgehead atoms. The van der Waals surface area contributed by atoms with Crippen LogP contribution in [0.5, 0.6) is 11.5 Å². The van der Waals surface area contributed by atoms with E-state index in [9.17, 15) is 14.4 Å². The molecule has 2 aromatic carbocycles. The van der Waals surface area contributed by atoms with Gasteiger partial charge in [0.15, 0.2) is 17.6 Å². The molecule has 0 aliphatic carbocycles. The van der Waals surface area contributed by atoms with Gasteiger partial charge in [0.05, 0.1) is 13.2 Å². The van der Waals surface area contributed by atoms with Crippen LogP contribution in [0.1, 0.15) is 29.3 Å². The van der Waals surface area contributed by atoms with Crippen molar-refractivity contribution in [3.63, 3.8) is 0 Å². The van der Waals surface area contributed by atoms with Crippen LogP contribution < -0.4 is 20.5 Å². The molecule has 0 radical (unpaired) electrons. The Labute approximate surface area is 173 Å². The fourth-order valence-electron chi connectivity index (χ4n) is 2.68. The topological polar surface area (TPSA) is 117 Å². The van der Waals surface area contributed by atoms with E-state index in [-0.39, 0.29) is 0 Å². The van der Waals surface area contributed by atoms with Gasteiger partial charge in [0.25, 0.3) is 5.91 Å². The third kappa shape index (κ3) is 5.60. The molecule has 2 aromatic rings. The van der Waals surface area contributed by atoms with Crippen LogP contribution in [0.25, 0.3) is 6.08 Å². The highest BCUT2D eigenvalue weighted by atomic mass is 16.5. The number of fused-ring (bicyclic) bond motifs is 1. The summed E-state index contributed by atoms with van der Waals surface area (Å²) in [5.41, 5.74) is 6.70. The number of anilines is 1. The van der Waals surface area contributed by atoms with Gasteiger partial charge in [-0.3, -0.25) is 9.59 Å². The molecule has 1 aliphatic rings. The molecule has 0 spiro atoms. The van der Waals surface area contributed by atoms with Gasteiger partial charge in [-0.15, -0.1) is 0 Å². The van der Waals surface area contributed by atoms with Gasteiger partial charge in [0.1, 0.15) is 0 Å². The Morgan fingerprint density at radius 2 is 1.77 bits per heavy atom. The summed E-state index contributed by atoms with van der Waals surface area (Å²) in [4.78, 5) is 35.3. The van der Waals surface area contributed by atoms with Crippen molar-refractivity contribution in [1.29, 1.82) is 0 Å². The fraction of sp³-hybridized carbons (Fsp3) is 0.227. The molecule has 0 aromatic heterocycles. The number of benzene rings is 2. The molecule has 0 saturated carbocycles. The maximum absolute atomic E-state index is 12.2. The first kappa shape index (κ1) is 20.9. The second-order valence-corrected chi connectivity index (χ2v) is 6.60. The minimum atomic E-state index is -1.01. The Morgan fingerprint density at radius 1 is 1.07 bits per heavy atom. The summed E-state index contributed by atoms with van der Waals surface area (Å²) in [5, 5.41) is 2.60. The number of nitrogens with two attached hydrogens (primary N) is 1. The molecule has 1 heterocycles. The van der Waals surface area contributed by atoms with Crippen molar-refractivity contribution in [3.8, 4) is 11.5 Å². The van der Waals surface area contributed by atoms with Gasteiger partial charge in [-0.1, -0.05) is 6.07 Å². The first-order valence-electron chi connectivity index (χ1n) is 9.41. The van der Waals surface area contributed by atoms with Gasteiger partial charge in [-0.05, 0) is 55.0 Å². The van der Waals surface area contributed by atoms with Gasteiger partial charge in [0, 0.05) is 23.7 Å². The number of carbonyl (C=O) groups is 3. The molecular formula is C22H22N2O6. The summed E-state index contributed by atoms with van der Waals surface area (Å²) in [7, 11) is 0. The largest absolute Gasteiger partial charge is 0.490 e. The van der Waals surface area contributed by atoms with E-state index < -0.39 is 23.9 Å². The standard InChI is InChI=1S/C22H22N2O6/c1-14(22(27)24-17-7-5-16(6-8-17)21(23)26)30-20(25)10-4-15-3-9-18-19(13-15)29-12-2-11-28-18/h3-10,13-14H,2,11-12H2,1H3,(H2,23,26)(H,24,27)/b10-4+/t14-/m1/s1. The number of primary amides is 1. The Hall–Kier alpha value is -3.81. The zero-order valence-electron chi connectivity index (χ0n) is 16.4. The lowest BCUT2D eigenvalue weighted by atomic mass is 10.2. The highest BCUT2D eigenvalue weighted by molar-refractivity contribution is 5.97. The van der Waals surface area contributed by atoms with Crippen molar-refractivity contribution in [1.82, 2.24) is 0 Å². The average Bonchev–Trinajstić information content (AvgIpc) is 2.97. The highest BCUT2D eigenvalue weighted by Crippen LogP contribution is 2.30. The molecule has 3 N–H and O–H groups in total. The number of hydrogen-bond acceptors (Lipinski definition) is 6. The van der Waals surface area contributed by atoms with E-state index in [0.717, 1.165) is 12.0 Å². The second-order valence-electron chi connectivity index (χ2n) is 6.60. The van der Waals surface area contributed by atoms with Crippen molar-refractivity contribution in [2.24, 2.45) is 5.73 Å². The number of rotatable bonds is 6.